The SMILES string of the molecule is CC1(C)CN(CC(F)(F)F)Cc2cc([N+](=O)[O-])ccc21.O=S(=O)(OCC(F)(F)F)C(Cl)(Cl)Cl. The van der Waals surface area contributed by atoms with Crippen LogP contribution in [0.15, 0.2) is 18.2 Å². The van der Waals surface area contributed by atoms with Gasteiger partial charge in [-0.25, -0.2) is 0 Å². The van der Waals surface area contributed by atoms with Gasteiger partial charge in [-0.15, -0.1) is 0 Å². The van der Waals surface area contributed by atoms with E-state index in [0.717, 1.165) is 5.56 Å². The van der Waals surface area contributed by atoms with Gasteiger partial charge in [-0.3, -0.25) is 19.2 Å². The van der Waals surface area contributed by atoms with Gasteiger partial charge in [-0.2, -0.15) is 34.8 Å². The highest BCUT2D eigenvalue weighted by Gasteiger charge is 2.42. The minimum absolute atomic E-state index is 0.0833. The first-order valence-electron chi connectivity index (χ1n) is 8.63. The number of nitro groups is 1. The summed E-state index contributed by atoms with van der Waals surface area (Å²) in [5.41, 5.74) is 0.920. The van der Waals surface area contributed by atoms with Crippen molar-refractivity contribution in [3.8, 4) is 0 Å². The lowest BCUT2D eigenvalue weighted by Crippen LogP contribution is -2.45. The molecule has 0 fully saturated rings. The summed E-state index contributed by atoms with van der Waals surface area (Å²) in [7, 11) is -4.85. The number of non-ortho nitro benzene ring substituents is 1. The monoisotopic (exact) mass is 568 g/mol. The van der Waals surface area contributed by atoms with Crippen LogP contribution in [0.4, 0.5) is 32.0 Å². The zero-order valence-electron chi connectivity index (χ0n) is 16.8. The lowest BCUT2D eigenvalue weighted by atomic mass is 9.78. The molecule has 1 aliphatic rings. The van der Waals surface area contributed by atoms with Crippen molar-refractivity contribution in [3.05, 3.63) is 39.4 Å². The quantitative estimate of drug-likeness (QED) is 0.157. The number of rotatable bonds is 4. The van der Waals surface area contributed by atoms with E-state index in [4.69, 9.17) is 34.8 Å². The van der Waals surface area contributed by atoms with Crippen LogP contribution in [0.5, 0.6) is 0 Å². The molecule has 190 valence electrons. The fraction of sp³-hybridized carbons (Fsp3) is 0.625. The maximum Gasteiger partial charge on any atom is 0.413 e. The molecule has 1 aromatic carbocycles. The summed E-state index contributed by atoms with van der Waals surface area (Å²) < 4.78 is 93.6. The number of nitrogens with zero attached hydrogens (tertiary/aromatic N) is 2. The Labute approximate surface area is 199 Å². The highest BCUT2D eigenvalue weighted by molar-refractivity contribution is 7.92. The number of benzene rings is 1. The van der Waals surface area contributed by atoms with Gasteiger partial charge in [-0.05, 0) is 11.1 Å². The molecule has 0 N–H and O–H groups in total. The Bertz CT molecular complexity index is 965. The molecule has 1 aromatic rings. The summed E-state index contributed by atoms with van der Waals surface area (Å²) in [6.45, 7) is 1.03. The van der Waals surface area contributed by atoms with Crippen LogP contribution in [0.1, 0.15) is 25.0 Å². The largest absolute Gasteiger partial charge is 0.413 e. The highest BCUT2D eigenvalue weighted by Crippen LogP contribution is 2.36. The number of halogens is 9. The van der Waals surface area contributed by atoms with Gasteiger partial charge in [0, 0.05) is 30.6 Å². The van der Waals surface area contributed by atoms with Crippen molar-refractivity contribution in [3.63, 3.8) is 0 Å². The van der Waals surface area contributed by atoms with Crippen LogP contribution in [-0.4, -0.2) is 53.4 Å². The van der Waals surface area contributed by atoms with Crippen molar-refractivity contribution in [2.24, 2.45) is 0 Å². The van der Waals surface area contributed by atoms with Gasteiger partial charge in [0.25, 0.3) is 5.69 Å². The van der Waals surface area contributed by atoms with Gasteiger partial charge in [0.2, 0.25) is 0 Å². The van der Waals surface area contributed by atoms with Crippen molar-refractivity contribution in [2.45, 2.75) is 41.3 Å². The first kappa shape index (κ1) is 30.0. The number of alkyl halides is 9. The zero-order chi connectivity index (χ0) is 26.0. The van der Waals surface area contributed by atoms with E-state index in [9.17, 15) is 44.9 Å². The maximum atomic E-state index is 12.5. The molecule has 0 amide bonds. The molecule has 0 spiro atoms. The standard InChI is InChI=1S/C13H15F3N2O2.C3H2Cl3F3O3S/c1-12(2)7-17(8-13(14,15)16)6-9-5-10(18(19)20)3-4-11(9)12;4-3(5,6)13(10,11)12-1-2(7,8)9/h3-5H,6-8H2,1-2H3;1H2. The molecule has 0 bridgehead atoms. The van der Waals surface area contributed by atoms with E-state index in [1.807, 2.05) is 13.8 Å². The summed E-state index contributed by atoms with van der Waals surface area (Å²) in [4.78, 5) is 11.5. The van der Waals surface area contributed by atoms with Gasteiger partial charge in [0.1, 0.15) is 0 Å². The Balaban J connectivity index is 0.000000366. The minimum Gasteiger partial charge on any atom is -0.290 e. The molecule has 0 saturated carbocycles. The second-order valence-corrected chi connectivity index (χ2v) is 12.2. The van der Waals surface area contributed by atoms with Gasteiger partial charge < -0.3 is 0 Å². The lowest BCUT2D eigenvalue weighted by molar-refractivity contribution is -0.385. The van der Waals surface area contributed by atoms with Crippen LogP contribution < -0.4 is 0 Å². The van der Waals surface area contributed by atoms with Crippen LogP contribution in [0.2, 0.25) is 0 Å². The normalized spacial score (nSPS) is 17.1. The molecule has 2 rings (SSSR count). The second kappa shape index (κ2) is 10.3. The van der Waals surface area contributed by atoms with E-state index < -0.39 is 49.1 Å². The molecule has 1 heterocycles. The Kier molecular flexibility index (Phi) is 9.34. The van der Waals surface area contributed by atoms with Crippen molar-refractivity contribution in [1.29, 1.82) is 0 Å². The molecule has 0 radical (unpaired) electrons. The van der Waals surface area contributed by atoms with E-state index >= 15 is 0 Å². The average Bonchev–Trinajstić information content (AvgIpc) is 2.56. The van der Waals surface area contributed by atoms with Crippen molar-refractivity contribution >= 4 is 50.6 Å². The van der Waals surface area contributed by atoms with Crippen LogP contribution in [0, 0.1) is 10.1 Å². The third kappa shape index (κ3) is 9.61. The average molecular weight is 570 g/mol. The van der Waals surface area contributed by atoms with Crippen molar-refractivity contribution in [1.82, 2.24) is 4.90 Å². The first-order valence-corrected chi connectivity index (χ1v) is 11.2. The highest BCUT2D eigenvalue weighted by atomic mass is 35.6. The molecule has 0 aromatic heterocycles. The molecular weight excluding hydrogens is 553 g/mol. The third-order valence-corrected chi connectivity index (χ3v) is 6.80. The number of nitro benzene ring substituents is 1. The summed E-state index contributed by atoms with van der Waals surface area (Å²) in [6.07, 6.45) is -9.07. The molecular formula is C16H17Cl3F6N2O5S. The first-order chi connectivity index (χ1) is 14.5. The smallest absolute Gasteiger partial charge is 0.290 e. The molecule has 0 aliphatic carbocycles. The summed E-state index contributed by atoms with van der Waals surface area (Å²) in [6, 6.07) is 4.43. The number of hydrogen-bond acceptors (Lipinski definition) is 6. The number of fused-ring (bicyclic) bond motifs is 1. The molecule has 7 nitrogen and oxygen atoms in total. The van der Waals surface area contributed by atoms with E-state index in [-0.39, 0.29) is 18.8 Å². The molecule has 0 saturated heterocycles. The van der Waals surface area contributed by atoms with E-state index in [2.05, 4.69) is 4.18 Å². The maximum absolute atomic E-state index is 12.5. The van der Waals surface area contributed by atoms with Gasteiger partial charge in [0.05, 0.1) is 11.5 Å². The third-order valence-electron chi connectivity index (χ3n) is 4.11. The summed E-state index contributed by atoms with van der Waals surface area (Å²) >= 11 is 14.4. The summed E-state index contributed by atoms with van der Waals surface area (Å²) in [5, 5.41) is 10.8. The van der Waals surface area contributed by atoms with Gasteiger partial charge in [0.15, 0.2) is 6.61 Å². The van der Waals surface area contributed by atoms with E-state index in [1.165, 1.54) is 17.0 Å². The Hall–Kier alpha value is -1.06. The predicted molar refractivity (Wildman–Crippen MR) is 109 cm³/mol. The minimum atomic E-state index is -4.85. The van der Waals surface area contributed by atoms with Crippen LogP contribution in [-0.2, 0) is 26.3 Å². The fourth-order valence-electron chi connectivity index (χ4n) is 3.00. The van der Waals surface area contributed by atoms with Crippen LogP contribution >= 0.6 is 34.8 Å². The summed E-state index contributed by atoms with van der Waals surface area (Å²) in [5.74, 6) is 0. The van der Waals surface area contributed by atoms with Gasteiger partial charge >= 0.3 is 25.6 Å². The lowest BCUT2D eigenvalue weighted by Gasteiger charge is -2.40. The Morgan fingerprint density at radius 2 is 1.67 bits per heavy atom. The zero-order valence-corrected chi connectivity index (χ0v) is 19.9. The second-order valence-electron chi connectivity index (χ2n) is 7.52. The van der Waals surface area contributed by atoms with Gasteiger partial charge in [-0.1, -0.05) is 54.7 Å². The van der Waals surface area contributed by atoms with E-state index in [1.54, 1.807) is 6.07 Å². The van der Waals surface area contributed by atoms with Crippen molar-refractivity contribution in [2.75, 3.05) is 19.7 Å². The fourth-order valence-corrected chi connectivity index (χ4v) is 3.83. The molecule has 1 aliphatic heterocycles. The molecule has 0 unspecified atom stereocenters. The molecule has 17 heteroatoms. The van der Waals surface area contributed by atoms with Crippen LogP contribution in [0.25, 0.3) is 0 Å². The van der Waals surface area contributed by atoms with Crippen molar-refractivity contribution < 1.29 is 43.9 Å². The van der Waals surface area contributed by atoms with E-state index in [0.29, 0.717) is 5.56 Å². The Morgan fingerprint density at radius 3 is 2.09 bits per heavy atom. The topological polar surface area (TPSA) is 89.8 Å². The molecule has 33 heavy (non-hydrogen) atoms. The Morgan fingerprint density at radius 1 is 1.12 bits per heavy atom. The number of hydrogen-bond donors (Lipinski definition) is 0. The molecule has 0 atom stereocenters. The predicted octanol–water partition coefficient (Wildman–Crippen LogP) is 5.47. The van der Waals surface area contributed by atoms with Crippen LogP contribution in [0.3, 0.4) is 0 Å².